The molecule has 2 N–H and O–H groups in total. The first-order valence-electron chi connectivity index (χ1n) is 7.87. The van der Waals surface area contributed by atoms with Crippen molar-refractivity contribution >= 4 is 15.9 Å². The van der Waals surface area contributed by atoms with Gasteiger partial charge in [0.2, 0.25) is 15.9 Å². The van der Waals surface area contributed by atoms with Crippen LogP contribution in [0.4, 0.5) is 0 Å². The molecule has 1 aromatic rings. The van der Waals surface area contributed by atoms with Crippen LogP contribution in [0.5, 0.6) is 0 Å². The second-order valence-electron chi connectivity index (χ2n) is 6.09. The van der Waals surface area contributed by atoms with Crippen molar-refractivity contribution in [1.82, 2.24) is 9.62 Å². The summed E-state index contributed by atoms with van der Waals surface area (Å²) in [7, 11) is -0.329. The maximum Gasteiger partial charge on any atom is 0.240 e. The van der Waals surface area contributed by atoms with Crippen molar-refractivity contribution in [2.45, 2.75) is 42.4 Å². The number of ether oxygens (including phenoxy) is 1. The third kappa shape index (κ3) is 4.76. The Hall–Kier alpha value is -1.48. The predicted molar refractivity (Wildman–Crippen MR) is 88.8 cm³/mol. The Bertz CT molecular complexity index is 648. The molecule has 3 atom stereocenters. The van der Waals surface area contributed by atoms with Crippen molar-refractivity contribution in [3.05, 3.63) is 30.3 Å². The summed E-state index contributed by atoms with van der Waals surface area (Å²) in [6.45, 7) is -0.311. The van der Waals surface area contributed by atoms with Gasteiger partial charge in [0.15, 0.2) is 0 Å². The number of aliphatic hydroxyl groups is 1. The van der Waals surface area contributed by atoms with Gasteiger partial charge in [0, 0.05) is 14.1 Å². The molecule has 7 nitrogen and oxygen atoms in total. The molecule has 1 saturated heterocycles. The van der Waals surface area contributed by atoms with Crippen LogP contribution in [0.25, 0.3) is 0 Å². The number of nitrogens with one attached hydrogen (secondary N) is 1. The highest BCUT2D eigenvalue weighted by Gasteiger charge is 2.34. The fraction of sp³-hybridized carbons (Fsp3) is 0.562. The van der Waals surface area contributed by atoms with Gasteiger partial charge in [-0.15, -0.1) is 0 Å². The van der Waals surface area contributed by atoms with Crippen LogP contribution in [0.3, 0.4) is 0 Å². The van der Waals surface area contributed by atoms with E-state index < -0.39 is 22.2 Å². The molecule has 1 fully saturated rings. The second kappa shape index (κ2) is 8.06. The zero-order valence-corrected chi connectivity index (χ0v) is 14.7. The van der Waals surface area contributed by atoms with Crippen molar-refractivity contribution in [1.29, 1.82) is 0 Å². The van der Waals surface area contributed by atoms with Gasteiger partial charge in [-0.1, -0.05) is 18.2 Å². The van der Waals surface area contributed by atoms with E-state index in [0.29, 0.717) is 12.8 Å². The third-order valence-corrected chi connectivity index (χ3v) is 5.56. The number of hydrogen-bond donors (Lipinski definition) is 2. The SMILES string of the molecule is CN(C)C(=O)C[C@@H]1CC[C@H](NS(=O)(=O)c2ccccc2)[C@@H](CO)O1. The molecular formula is C16H24N2O5S. The molecule has 1 heterocycles. The number of hydrogen-bond acceptors (Lipinski definition) is 5. The summed E-state index contributed by atoms with van der Waals surface area (Å²) in [5.41, 5.74) is 0. The van der Waals surface area contributed by atoms with Gasteiger partial charge in [0.05, 0.1) is 36.2 Å². The van der Waals surface area contributed by atoms with E-state index in [1.807, 2.05) is 0 Å². The lowest BCUT2D eigenvalue weighted by Crippen LogP contribution is -2.51. The van der Waals surface area contributed by atoms with E-state index in [9.17, 15) is 18.3 Å². The summed E-state index contributed by atoms with van der Waals surface area (Å²) in [6, 6.07) is 7.55. The molecule has 1 aliphatic rings. The van der Waals surface area contributed by atoms with Crippen LogP contribution in [0.1, 0.15) is 19.3 Å². The van der Waals surface area contributed by atoms with Gasteiger partial charge < -0.3 is 14.7 Å². The van der Waals surface area contributed by atoms with E-state index in [1.54, 1.807) is 32.3 Å². The Labute approximate surface area is 142 Å². The third-order valence-electron chi connectivity index (χ3n) is 4.06. The van der Waals surface area contributed by atoms with E-state index in [-0.39, 0.29) is 29.9 Å². The lowest BCUT2D eigenvalue weighted by atomic mass is 9.98. The molecule has 0 aromatic heterocycles. The average Bonchev–Trinajstić information content (AvgIpc) is 2.56. The van der Waals surface area contributed by atoms with Crippen LogP contribution in [-0.4, -0.2) is 63.3 Å². The molecule has 0 bridgehead atoms. The number of sulfonamides is 1. The lowest BCUT2D eigenvalue weighted by Gasteiger charge is -2.36. The molecule has 8 heteroatoms. The zero-order chi connectivity index (χ0) is 17.7. The van der Waals surface area contributed by atoms with Gasteiger partial charge >= 0.3 is 0 Å². The van der Waals surface area contributed by atoms with Gasteiger partial charge in [0.1, 0.15) is 0 Å². The minimum Gasteiger partial charge on any atom is -0.394 e. The maximum atomic E-state index is 12.4. The number of amides is 1. The average molecular weight is 356 g/mol. The van der Waals surface area contributed by atoms with E-state index in [0.717, 1.165) is 0 Å². The largest absolute Gasteiger partial charge is 0.394 e. The Morgan fingerprint density at radius 3 is 2.54 bits per heavy atom. The molecular weight excluding hydrogens is 332 g/mol. The van der Waals surface area contributed by atoms with Gasteiger partial charge in [-0.3, -0.25) is 4.79 Å². The summed E-state index contributed by atoms with van der Waals surface area (Å²) >= 11 is 0. The standard InChI is InChI=1S/C16H24N2O5S/c1-18(2)16(20)10-12-8-9-14(15(11-19)23-12)17-24(21,22)13-6-4-3-5-7-13/h3-7,12,14-15,17,19H,8-11H2,1-2H3/t12-,14-,15+/m0/s1. The number of benzene rings is 1. The first kappa shape index (κ1) is 18.9. The second-order valence-corrected chi connectivity index (χ2v) is 7.80. The Morgan fingerprint density at radius 2 is 1.96 bits per heavy atom. The van der Waals surface area contributed by atoms with Crippen LogP contribution in [0, 0.1) is 0 Å². The van der Waals surface area contributed by atoms with E-state index in [1.165, 1.54) is 17.0 Å². The number of nitrogens with zero attached hydrogens (tertiary/aromatic N) is 1. The molecule has 24 heavy (non-hydrogen) atoms. The van der Waals surface area contributed by atoms with Crippen LogP contribution in [-0.2, 0) is 19.6 Å². The normalized spacial score (nSPS) is 24.5. The summed E-state index contributed by atoms with van der Waals surface area (Å²) in [4.78, 5) is 13.4. The first-order valence-corrected chi connectivity index (χ1v) is 9.35. The van der Waals surface area contributed by atoms with Crippen molar-refractivity contribution in [3.8, 4) is 0 Å². The van der Waals surface area contributed by atoms with E-state index >= 15 is 0 Å². The number of aliphatic hydroxyl groups excluding tert-OH is 1. The molecule has 0 saturated carbocycles. The zero-order valence-electron chi connectivity index (χ0n) is 13.9. The summed E-state index contributed by atoms with van der Waals surface area (Å²) < 4.78 is 33.1. The van der Waals surface area contributed by atoms with E-state index in [4.69, 9.17) is 4.74 Å². The summed E-state index contributed by atoms with van der Waals surface area (Å²) in [5, 5.41) is 9.53. The highest BCUT2D eigenvalue weighted by Crippen LogP contribution is 2.23. The highest BCUT2D eigenvalue weighted by atomic mass is 32.2. The monoisotopic (exact) mass is 356 g/mol. The van der Waals surface area contributed by atoms with Crippen molar-refractivity contribution < 1.29 is 23.1 Å². The van der Waals surface area contributed by atoms with Crippen LogP contribution in [0.15, 0.2) is 35.2 Å². The summed E-state index contributed by atoms with van der Waals surface area (Å²) in [6.07, 6.45) is 0.300. The molecule has 2 rings (SSSR count). The van der Waals surface area contributed by atoms with E-state index in [2.05, 4.69) is 4.72 Å². The molecule has 0 radical (unpaired) electrons. The maximum absolute atomic E-state index is 12.4. The van der Waals surface area contributed by atoms with Gasteiger partial charge in [0.25, 0.3) is 0 Å². The Kier molecular flexibility index (Phi) is 6.34. The quantitative estimate of drug-likeness (QED) is 0.767. The molecule has 0 spiro atoms. The minimum absolute atomic E-state index is 0.0555. The molecule has 0 unspecified atom stereocenters. The van der Waals surface area contributed by atoms with Crippen LogP contribution in [0.2, 0.25) is 0 Å². The van der Waals surface area contributed by atoms with Crippen LogP contribution >= 0.6 is 0 Å². The Morgan fingerprint density at radius 1 is 1.29 bits per heavy atom. The lowest BCUT2D eigenvalue weighted by molar-refractivity contribution is -0.137. The fourth-order valence-electron chi connectivity index (χ4n) is 2.66. The summed E-state index contributed by atoms with van der Waals surface area (Å²) in [5.74, 6) is -0.0555. The number of carbonyl (C=O) groups excluding carboxylic acids is 1. The smallest absolute Gasteiger partial charge is 0.240 e. The molecule has 0 aliphatic carbocycles. The van der Waals surface area contributed by atoms with Gasteiger partial charge in [-0.25, -0.2) is 13.1 Å². The molecule has 1 amide bonds. The van der Waals surface area contributed by atoms with Crippen LogP contribution < -0.4 is 4.72 Å². The van der Waals surface area contributed by atoms with Crippen molar-refractivity contribution in [2.24, 2.45) is 0 Å². The predicted octanol–water partition coefficient (Wildman–Crippen LogP) is 0.352. The number of rotatable bonds is 6. The first-order chi connectivity index (χ1) is 11.3. The van der Waals surface area contributed by atoms with Gasteiger partial charge in [-0.2, -0.15) is 0 Å². The number of carbonyl (C=O) groups is 1. The Balaban J connectivity index is 2.01. The fourth-order valence-corrected chi connectivity index (χ4v) is 3.98. The topological polar surface area (TPSA) is 95.9 Å². The molecule has 1 aliphatic heterocycles. The molecule has 1 aromatic carbocycles. The van der Waals surface area contributed by atoms with Crippen molar-refractivity contribution in [3.63, 3.8) is 0 Å². The van der Waals surface area contributed by atoms with Crippen molar-refractivity contribution in [2.75, 3.05) is 20.7 Å². The highest BCUT2D eigenvalue weighted by molar-refractivity contribution is 7.89. The minimum atomic E-state index is -3.67. The molecule has 134 valence electrons. The van der Waals surface area contributed by atoms with Gasteiger partial charge in [-0.05, 0) is 25.0 Å².